The van der Waals surface area contributed by atoms with E-state index in [0.717, 1.165) is 13.3 Å². The summed E-state index contributed by atoms with van der Waals surface area (Å²) < 4.78 is 34.3. The number of carboxylic acid groups (broad SMARTS) is 1. The number of amides is 1. The minimum Gasteiger partial charge on any atom is -0.477 e. The van der Waals surface area contributed by atoms with E-state index in [9.17, 15) is 55.5 Å². The van der Waals surface area contributed by atoms with E-state index in [-0.39, 0.29) is 6.42 Å². The number of nitrogens with one attached hydrogen (secondary N) is 1. The highest BCUT2D eigenvalue weighted by molar-refractivity contribution is 5.76. The van der Waals surface area contributed by atoms with Crippen molar-refractivity contribution >= 4 is 11.9 Å². The largest absolute Gasteiger partial charge is 0.477 e. The van der Waals surface area contributed by atoms with Crippen LogP contribution in [0, 0.1) is 5.92 Å². The molecule has 0 aliphatic carbocycles. The van der Waals surface area contributed by atoms with E-state index < -0.39 is 129 Å². The van der Waals surface area contributed by atoms with Gasteiger partial charge in [0.15, 0.2) is 12.6 Å². The highest BCUT2D eigenvalue weighted by Gasteiger charge is 2.57. The molecule has 3 heterocycles. The third-order valence-electron chi connectivity index (χ3n) is 8.79. The normalized spacial score (nSPS) is 42.4. The van der Waals surface area contributed by atoms with E-state index in [1.807, 2.05) is 6.92 Å². The van der Waals surface area contributed by atoms with Gasteiger partial charge in [-0.3, -0.25) is 4.79 Å². The topological polar surface area (TPSA) is 284 Å². The smallest absolute Gasteiger partial charge is 0.364 e. The number of aliphatic carboxylic acids is 1. The summed E-state index contributed by atoms with van der Waals surface area (Å²) in [7, 11) is 0. The average Bonchev–Trinajstić information content (AvgIpc) is 3.03. The number of carbonyl (C=O) groups is 2. The second-order valence-corrected chi connectivity index (χ2v) is 12.3. The summed E-state index contributed by atoms with van der Waals surface area (Å²) in [5.74, 6) is -5.76. The van der Waals surface area contributed by atoms with Gasteiger partial charge in [0.2, 0.25) is 5.91 Å². The molecule has 3 rings (SSSR count). The first-order chi connectivity index (χ1) is 22.1. The van der Waals surface area contributed by atoms with Gasteiger partial charge in [-0.05, 0) is 12.8 Å². The minimum atomic E-state index is -2.70. The van der Waals surface area contributed by atoms with Crippen molar-refractivity contribution in [1.82, 2.24) is 5.32 Å². The second-order valence-electron chi connectivity index (χ2n) is 12.3. The molecule has 0 spiro atoms. The van der Waals surface area contributed by atoms with Crippen LogP contribution in [0.4, 0.5) is 0 Å². The minimum absolute atomic E-state index is 0.0135. The molecule has 3 fully saturated rings. The Bertz CT molecular complexity index is 1010. The Balaban J connectivity index is 1.81. The molecule has 274 valence electrons. The number of aliphatic hydroxyl groups excluding tert-OH is 8. The maximum atomic E-state index is 12.5. The Labute approximate surface area is 272 Å². The number of hydrogen-bond donors (Lipinski definition) is 10. The van der Waals surface area contributed by atoms with Crippen molar-refractivity contribution in [2.45, 2.75) is 145 Å². The maximum Gasteiger partial charge on any atom is 0.364 e. The number of aliphatic hydroxyl groups is 8. The Morgan fingerprint density at radius 3 is 2.21 bits per heavy atom. The van der Waals surface area contributed by atoms with Crippen LogP contribution in [0.3, 0.4) is 0 Å². The van der Waals surface area contributed by atoms with Gasteiger partial charge in [-0.25, -0.2) is 4.79 Å². The molecule has 0 radical (unpaired) electrons. The van der Waals surface area contributed by atoms with Crippen LogP contribution in [0.1, 0.15) is 53.4 Å². The van der Waals surface area contributed by atoms with Crippen molar-refractivity contribution < 1.29 is 84.0 Å². The lowest BCUT2D eigenvalue weighted by Crippen LogP contribution is -2.68. The highest BCUT2D eigenvalue weighted by atomic mass is 16.8. The maximum absolute atomic E-state index is 12.5. The van der Waals surface area contributed by atoms with Crippen molar-refractivity contribution in [2.24, 2.45) is 5.92 Å². The molecule has 18 nitrogen and oxygen atoms in total. The number of rotatable bonds is 15. The van der Waals surface area contributed by atoms with Crippen LogP contribution >= 0.6 is 0 Å². The summed E-state index contributed by atoms with van der Waals surface area (Å²) in [5.41, 5.74) is 0. The fourth-order valence-electron chi connectivity index (χ4n) is 5.89. The lowest BCUT2D eigenvalue weighted by atomic mass is 9.88. The number of carboxylic acids is 1. The van der Waals surface area contributed by atoms with Crippen LogP contribution in [-0.4, -0.2) is 169 Å². The summed E-state index contributed by atoms with van der Waals surface area (Å²) in [6.45, 7) is 5.16. The molecule has 3 aliphatic heterocycles. The van der Waals surface area contributed by atoms with Crippen LogP contribution in [0.5, 0.6) is 0 Å². The highest BCUT2D eigenvalue weighted by Crippen LogP contribution is 2.36. The zero-order valence-corrected chi connectivity index (χ0v) is 26.9. The molecular weight excluding hydrogens is 634 g/mol. The molecule has 3 aliphatic rings. The quantitative estimate of drug-likeness (QED) is 0.0742. The first-order valence-electron chi connectivity index (χ1n) is 15.9. The van der Waals surface area contributed by atoms with Crippen molar-refractivity contribution in [3.8, 4) is 0 Å². The predicted molar refractivity (Wildman–Crippen MR) is 155 cm³/mol. The molecule has 0 bridgehead atoms. The van der Waals surface area contributed by atoms with Crippen LogP contribution in [0.25, 0.3) is 0 Å². The Kier molecular flexibility index (Phi) is 14.7. The molecule has 0 saturated carbocycles. The summed E-state index contributed by atoms with van der Waals surface area (Å²) in [4.78, 5) is 24.3. The first-order valence-corrected chi connectivity index (χ1v) is 15.9. The summed E-state index contributed by atoms with van der Waals surface area (Å²) in [6, 6.07) is -1.34. The van der Waals surface area contributed by atoms with Gasteiger partial charge in [-0.15, -0.1) is 0 Å². The fourth-order valence-corrected chi connectivity index (χ4v) is 5.89. The molecule has 3 saturated heterocycles. The SMILES string of the molecule is CCCCO[C@@H]1OC(CO)[C@H](O)[C@H](O[C@@H]2OC(CO[C@]3(C(=O)O)C[C@@H](O)[C@@H](NC(C)=O)C([C@H](O)[C@H](O)CC)O3)[C@H](O)[C@H](O)C2O)C1C. The molecule has 18 heteroatoms. The predicted octanol–water partition coefficient (Wildman–Crippen LogP) is -3.71. The van der Waals surface area contributed by atoms with Crippen molar-refractivity contribution in [2.75, 3.05) is 19.8 Å². The molecule has 0 aromatic carbocycles. The number of unbranched alkanes of at least 4 members (excludes halogenated alkanes) is 1. The zero-order valence-electron chi connectivity index (χ0n) is 26.9. The van der Waals surface area contributed by atoms with Gasteiger partial charge in [0.1, 0.15) is 48.8 Å². The monoisotopic (exact) mass is 685 g/mol. The standard InChI is InChI=1S/C29H51NO17/c1-5-7-8-42-26-12(3)24(21(37)16(10-31)44-26)46-27-23(39)22(38)20(36)17(45-27)11-43-29(28(40)41)9-15(34)18(30-13(4)32)25(47-29)19(35)14(33)6-2/h12,14-27,31,33-39H,5-11H2,1-4H3,(H,30,32)(H,40,41)/t12?,14-,15-,16?,17?,18-,19-,20+,21+,22+,23?,24-,25?,26-,27+,29-/m1/s1. The zero-order chi connectivity index (χ0) is 35.2. The molecular formula is C29H51NO17. The molecule has 0 aromatic heterocycles. The number of carbonyl (C=O) groups excluding carboxylic acids is 1. The Hall–Kier alpha value is -1.62. The van der Waals surface area contributed by atoms with E-state index in [4.69, 9.17) is 28.4 Å². The van der Waals surface area contributed by atoms with Gasteiger partial charge in [0, 0.05) is 25.9 Å². The van der Waals surface area contributed by atoms with E-state index in [1.165, 1.54) is 6.92 Å². The van der Waals surface area contributed by atoms with E-state index in [2.05, 4.69) is 5.32 Å². The first kappa shape index (κ1) is 39.8. The lowest BCUT2D eigenvalue weighted by molar-refractivity contribution is -0.362. The lowest BCUT2D eigenvalue weighted by Gasteiger charge is -2.48. The average molecular weight is 686 g/mol. The van der Waals surface area contributed by atoms with Crippen LogP contribution in [0.15, 0.2) is 0 Å². The van der Waals surface area contributed by atoms with Gasteiger partial charge in [0.05, 0.1) is 37.6 Å². The molecule has 16 atom stereocenters. The molecule has 5 unspecified atom stereocenters. The Morgan fingerprint density at radius 2 is 1.64 bits per heavy atom. The van der Waals surface area contributed by atoms with Crippen LogP contribution < -0.4 is 5.32 Å². The third kappa shape index (κ3) is 9.14. The summed E-state index contributed by atoms with van der Waals surface area (Å²) in [6.07, 6.45) is -19.3. The Morgan fingerprint density at radius 1 is 0.979 bits per heavy atom. The molecule has 0 aromatic rings. The summed E-state index contributed by atoms with van der Waals surface area (Å²) in [5, 5.41) is 97.2. The van der Waals surface area contributed by atoms with Crippen molar-refractivity contribution in [1.29, 1.82) is 0 Å². The molecule has 1 amide bonds. The number of ether oxygens (including phenoxy) is 6. The van der Waals surface area contributed by atoms with Gasteiger partial charge < -0.3 is 79.7 Å². The van der Waals surface area contributed by atoms with Gasteiger partial charge in [0.25, 0.3) is 5.79 Å². The van der Waals surface area contributed by atoms with Crippen LogP contribution in [-0.2, 0) is 38.0 Å². The fraction of sp³-hybridized carbons (Fsp3) is 0.931. The van der Waals surface area contributed by atoms with Crippen molar-refractivity contribution in [3.05, 3.63) is 0 Å². The van der Waals surface area contributed by atoms with Crippen LogP contribution in [0.2, 0.25) is 0 Å². The second kappa shape index (κ2) is 17.3. The van der Waals surface area contributed by atoms with E-state index in [0.29, 0.717) is 13.0 Å². The van der Waals surface area contributed by atoms with Gasteiger partial charge in [-0.2, -0.15) is 0 Å². The number of hydrogen-bond acceptors (Lipinski definition) is 16. The molecule has 47 heavy (non-hydrogen) atoms. The van der Waals surface area contributed by atoms with E-state index >= 15 is 0 Å². The van der Waals surface area contributed by atoms with E-state index in [1.54, 1.807) is 6.92 Å². The van der Waals surface area contributed by atoms with Gasteiger partial charge in [-0.1, -0.05) is 27.2 Å². The van der Waals surface area contributed by atoms with Crippen molar-refractivity contribution in [3.63, 3.8) is 0 Å². The third-order valence-corrected chi connectivity index (χ3v) is 8.79. The van der Waals surface area contributed by atoms with Gasteiger partial charge >= 0.3 is 5.97 Å². The summed E-state index contributed by atoms with van der Waals surface area (Å²) >= 11 is 0. The molecule has 10 N–H and O–H groups in total.